The molecule has 0 unspecified atom stereocenters. The summed E-state index contributed by atoms with van der Waals surface area (Å²) in [5, 5.41) is 19.2. The highest BCUT2D eigenvalue weighted by atomic mass is 35.5. The Morgan fingerprint density at radius 3 is 2.64 bits per heavy atom. The fraction of sp³-hybridized carbons (Fsp3) is 0.0500. The van der Waals surface area contributed by atoms with Crippen molar-refractivity contribution >= 4 is 38.8 Å². The van der Waals surface area contributed by atoms with E-state index in [2.05, 4.69) is 10.3 Å². The van der Waals surface area contributed by atoms with Gasteiger partial charge in [-0.2, -0.15) is 0 Å². The minimum atomic E-state index is 0.292. The molecule has 0 radical (unpaired) electrons. The maximum absolute atomic E-state index is 10.2. The molecule has 0 saturated carbocycles. The van der Waals surface area contributed by atoms with E-state index in [0.717, 1.165) is 32.7 Å². The molecular weight excluding hydrogens is 352 g/mol. The number of benzene rings is 3. The summed E-state index contributed by atoms with van der Waals surface area (Å²) in [6.45, 7) is 0.515. The third-order valence-corrected chi connectivity index (χ3v) is 5.13. The SMILES string of the molecule is Oc1ccc2ccccc2c1CNc1nc(-c2ccc(Cl)cc2)cs1. The molecule has 0 atom stereocenters. The zero-order valence-corrected chi connectivity index (χ0v) is 14.8. The molecule has 4 rings (SSSR count). The number of hydrogen-bond donors (Lipinski definition) is 2. The summed E-state index contributed by atoms with van der Waals surface area (Å²) in [7, 11) is 0. The number of hydrogen-bond acceptors (Lipinski definition) is 4. The number of aromatic hydroxyl groups is 1. The normalized spacial score (nSPS) is 10.9. The quantitative estimate of drug-likeness (QED) is 0.470. The summed E-state index contributed by atoms with van der Waals surface area (Å²) < 4.78 is 0. The van der Waals surface area contributed by atoms with Crippen molar-refractivity contribution in [1.29, 1.82) is 0 Å². The van der Waals surface area contributed by atoms with Crippen LogP contribution in [0, 0.1) is 0 Å². The Bertz CT molecular complexity index is 1030. The van der Waals surface area contributed by atoms with Crippen LogP contribution < -0.4 is 5.32 Å². The Hall–Kier alpha value is -2.56. The van der Waals surface area contributed by atoms with E-state index in [1.807, 2.05) is 60.0 Å². The van der Waals surface area contributed by atoms with E-state index in [1.165, 1.54) is 0 Å². The van der Waals surface area contributed by atoms with E-state index in [1.54, 1.807) is 17.4 Å². The Kier molecular flexibility index (Phi) is 4.30. The van der Waals surface area contributed by atoms with Gasteiger partial charge in [-0.1, -0.05) is 54.1 Å². The first kappa shape index (κ1) is 15.9. The number of rotatable bonds is 4. The molecule has 5 heteroatoms. The molecule has 4 aromatic rings. The molecule has 0 bridgehead atoms. The van der Waals surface area contributed by atoms with Crippen LogP contribution >= 0.6 is 22.9 Å². The Morgan fingerprint density at radius 2 is 1.80 bits per heavy atom. The molecule has 3 nitrogen and oxygen atoms in total. The average Bonchev–Trinajstić information content (AvgIpc) is 3.10. The van der Waals surface area contributed by atoms with Crippen molar-refractivity contribution in [2.45, 2.75) is 6.54 Å². The van der Waals surface area contributed by atoms with Gasteiger partial charge in [0.25, 0.3) is 0 Å². The molecule has 0 saturated heterocycles. The highest BCUT2D eigenvalue weighted by Crippen LogP contribution is 2.30. The first-order valence-electron chi connectivity index (χ1n) is 7.85. The summed E-state index contributed by atoms with van der Waals surface area (Å²) >= 11 is 7.47. The fourth-order valence-electron chi connectivity index (χ4n) is 2.78. The average molecular weight is 367 g/mol. The number of phenolic OH excluding ortho intramolecular Hbond substituents is 1. The molecule has 0 amide bonds. The van der Waals surface area contributed by atoms with Crippen molar-refractivity contribution in [2.75, 3.05) is 5.32 Å². The summed E-state index contributed by atoms with van der Waals surface area (Å²) in [5.41, 5.74) is 2.81. The molecule has 1 heterocycles. The van der Waals surface area contributed by atoms with Crippen LogP contribution in [0.5, 0.6) is 5.75 Å². The maximum Gasteiger partial charge on any atom is 0.183 e. The van der Waals surface area contributed by atoms with Crippen molar-refractivity contribution < 1.29 is 5.11 Å². The van der Waals surface area contributed by atoms with E-state index < -0.39 is 0 Å². The lowest BCUT2D eigenvalue weighted by Gasteiger charge is -2.09. The van der Waals surface area contributed by atoms with E-state index in [4.69, 9.17) is 11.6 Å². The van der Waals surface area contributed by atoms with Crippen LogP contribution in [0.2, 0.25) is 5.02 Å². The Morgan fingerprint density at radius 1 is 1.00 bits per heavy atom. The third-order valence-electron chi connectivity index (χ3n) is 4.08. The number of aromatic nitrogens is 1. The molecule has 25 heavy (non-hydrogen) atoms. The van der Waals surface area contributed by atoms with Gasteiger partial charge in [0.1, 0.15) is 5.75 Å². The van der Waals surface area contributed by atoms with Crippen LogP contribution in [-0.4, -0.2) is 10.1 Å². The summed E-state index contributed by atoms with van der Waals surface area (Å²) in [4.78, 5) is 4.62. The molecule has 0 aliphatic rings. The predicted molar refractivity (Wildman–Crippen MR) is 105 cm³/mol. The molecular formula is C20H15ClN2OS. The second kappa shape index (κ2) is 6.75. The summed E-state index contributed by atoms with van der Waals surface area (Å²) in [5.74, 6) is 0.292. The number of thiazole rings is 1. The molecule has 0 fully saturated rings. The summed E-state index contributed by atoms with van der Waals surface area (Å²) in [6, 6.07) is 19.3. The second-order valence-electron chi connectivity index (χ2n) is 5.68. The Balaban J connectivity index is 1.56. The van der Waals surface area contributed by atoms with Crippen molar-refractivity contribution in [1.82, 2.24) is 4.98 Å². The van der Waals surface area contributed by atoms with Gasteiger partial charge < -0.3 is 10.4 Å². The summed E-state index contributed by atoms with van der Waals surface area (Å²) in [6.07, 6.45) is 0. The van der Waals surface area contributed by atoms with Crippen molar-refractivity contribution in [3.05, 3.63) is 76.6 Å². The van der Waals surface area contributed by atoms with Gasteiger partial charge in [-0.25, -0.2) is 4.98 Å². The zero-order chi connectivity index (χ0) is 17.2. The lowest BCUT2D eigenvalue weighted by atomic mass is 10.0. The van der Waals surface area contributed by atoms with Crippen molar-refractivity contribution in [3.63, 3.8) is 0 Å². The first-order chi connectivity index (χ1) is 12.2. The predicted octanol–water partition coefficient (Wildman–Crippen LogP) is 5.93. The highest BCUT2D eigenvalue weighted by Gasteiger charge is 2.09. The monoisotopic (exact) mass is 366 g/mol. The standard InChI is InChI=1S/C20H15ClN2OS/c21-15-8-5-14(6-9-15)18-12-25-20(23-18)22-11-17-16-4-2-1-3-13(16)7-10-19(17)24/h1-10,12,24H,11H2,(H,22,23). The minimum Gasteiger partial charge on any atom is -0.508 e. The van der Waals surface area contributed by atoms with Gasteiger partial charge in [-0.15, -0.1) is 11.3 Å². The number of nitrogens with one attached hydrogen (secondary N) is 1. The first-order valence-corrected chi connectivity index (χ1v) is 9.11. The fourth-order valence-corrected chi connectivity index (χ4v) is 3.63. The largest absolute Gasteiger partial charge is 0.508 e. The maximum atomic E-state index is 10.2. The van der Waals surface area contributed by atoms with E-state index >= 15 is 0 Å². The van der Waals surface area contributed by atoms with Crippen LogP contribution in [0.3, 0.4) is 0 Å². The molecule has 1 aromatic heterocycles. The number of phenols is 1. The number of anilines is 1. The molecule has 3 aromatic carbocycles. The van der Waals surface area contributed by atoms with Gasteiger partial charge in [0.05, 0.1) is 5.69 Å². The van der Waals surface area contributed by atoms with E-state index in [0.29, 0.717) is 17.3 Å². The van der Waals surface area contributed by atoms with Crippen LogP contribution in [0.25, 0.3) is 22.0 Å². The molecule has 0 aliphatic carbocycles. The number of halogens is 1. The molecule has 0 spiro atoms. The van der Waals surface area contributed by atoms with Crippen molar-refractivity contribution in [2.24, 2.45) is 0 Å². The lowest BCUT2D eigenvalue weighted by molar-refractivity contribution is 0.470. The van der Waals surface area contributed by atoms with Gasteiger partial charge in [-0.05, 0) is 29.0 Å². The second-order valence-corrected chi connectivity index (χ2v) is 6.98. The third kappa shape index (κ3) is 3.31. The highest BCUT2D eigenvalue weighted by molar-refractivity contribution is 7.14. The van der Waals surface area contributed by atoms with Crippen LogP contribution in [0.15, 0.2) is 66.0 Å². The topological polar surface area (TPSA) is 45.1 Å². The number of nitrogens with zero attached hydrogens (tertiary/aromatic N) is 1. The van der Waals surface area contributed by atoms with Gasteiger partial charge in [0.2, 0.25) is 0 Å². The van der Waals surface area contributed by atoms with Crippen molar-refractivity contribution in [3.8, 4) is 17.0 Å². The van der Waals surface area contributed by atoms with Gasteiger partial charge in [0, 0.05) is 28.1 Å². The zero-order valence-electron chi connectivity index (χ0n) is 13.2. The minimum absolute atomic E-state index is 0.292. The number of fused-ring (bicyclic) bond motifs is 1. The lowest BCUT2D eigenvalue weighted by Crippen LogP contribution is -2.00. The van der Waals surface area contributed by atoms with Crippen LogP contribution in [0.1, 0.15) is 5.56 Å². The van der Waals surface area contributed by atoms with Crippen LogP contribution in [-0.2, 0) is 6.54 Å². The van der Waals surface area contributed by atoms with Gasteiger partial charge in [-0.3, -0.25) is 0 Å². The van der Waals surface area contributed by atoms with Gasteiger partial charge in [0.15, 0.2) is 5.13 Å². The molecule has 2 N–H and O–H groups in total. The van der Waals surface area contributed by atoms with Gasteiger partial charge >= 0.3 is 0 Å². The smallest absolute Gasteiger partial charge is 0.183 e. The molecule has 124 valence electrons. The van der Waals surface area contributed by atoms with Crippen LogP contribution in [0.4, 0.5) is 5.13 Å². The van der Waals surface area contributed by atoms with E-state index in [-0.39, 0.29) is 0 Å². The van der Waals surface area contributed by atoms with E-state index in [9.17, 15) is 5.11 Å². The molecule has 0 aliphatic heterocycles. The Labute approximate surface area is 154 Å².